The average molecular weight is 279 g/mol. The molecule has 0 radical (unpaired) electrons. The Bertz CT molecular complexity index is 352. The molecule has 0 spiro atoms. The van der Waals surface area contributed by atoms with Crippen LogP contribution >= 0.6 is 24.8 Å². The van der Waals surface area contributed by atoms with Gasteiger partial charge in [0.15, 0.2) is 0 Å². The van der Waals surface area contributed by atoms with Crippen LogP contribution in [0.25, 0.3) is 0 Å². The molecular weight excluding hydrogens is 263 g/mol. The molecule has 7 heteroatoms. The number of nitrogens with one attached hydrogen (secondary N) is 1. The number of pyridine rings is 1. The first-order chi connectivity index (χ1) is 7.27. The van der Waals surface area contributed by atoms with Crippen LogP contribution in [0.1, 0.15) is 5.56 Å². The number of morpholine rings is 1. The first-order valence-electron chi connectivity index (χ1n) is 4.90. The Labute approximate surface area is 113 Å². The number of hydrogen-bond acceptors (Lipinski definition) is 4. The summed E-state index contributed by atoms with van der Waals surface area (Å²) in [5, 5.41) is 7.25. The number of aromatic nitrogens is 1. The number of anilines is 1. The fourth-order valence-electron chi connectivity index (χ4n) is 1.52. The monoisotopic (exact) mass is 278 g/mol. The Morgan fingerprint density at radius 3 is 2.41 bits per heavy atom. The summed E-state index contributed by atoms with van der Waals surface area (Å²) in [7, 11) is 0. The predicted molar refractivity (Wildman–Crippen MR) is 72.8 cm³/mol. The zero-order valence-electron chi connectivity index (χ0n) is 9.26. The zero-order chi connectivity index (χ0) is 10.7. The summed E-state index contributed by atoms with van der Waals surface area (Å²) in [6.07, 6.45) is 1.63. The number of halogens is 2. The normalized spacial score (nSPS) is 14.5. The van der Waals surface area contributed by atoms with Crippen molar-refractivity contribution in [2.24, 2.45) is 5.73 Å². The predicted octanol–water partition coefficient (Wildman–Crippen LogP) is 1.05. The third kappa shape index (κ3) is 4.03. The second-order valence-electron chi connectivity index (χ2n) is 3.42. The van der Waals surface area contributed by atoms with Crippen LogP contribution in [0.2, 0.25) is 0 Å². The number of hydrogen-bond donors (Lipinski definition) is 2. The largest absolute Gasteiger partial charge is 0.384 e. The van der Waals surface area contributed by atoms with Gasteiger partial charge in [-0.3, -0.25) is 5.41 Å². The molecule has 1 aromatic heterocycles. The Morgan fingerprint density at radius 1 is 1.29 bits per heavy atom. The molecule has 0 atom stereocenters. The van der Waals surface area contributed by atoms with Crippen molar-refractivity contribution in [2.45, 2.75) is 0 Å². The van der Waals surface area contributed by atoms with E-state index in [-0.39, 0.29) is 30.6 Å². The third-order valence-electron chi connectivity index (χ3n) is 2.39. The Kier molecular flexibility index (Phi) is 6.87. The fraction of sp³-hybridized carbons (Fsp3) is 0.400. The minimum absolute atomic E-state index is 0. The van der Waals surface area contributed by atoms with Crippen LogP contribution in [0.15, 0.2) is 18.3 Å². The summed E-state index contributed by atoms with van der Waals surface area (Å²) >= 11 is 0. The molecule has 0 amide bonds. The van der Waals surface area contributed by atoms with Crippen LogP contribution < -0.4 is 10.6 Å². The van der Waals surface area contributed by atoms with Crippen LogP contribution in [0.4, 0.5) is 5.82 Å². The van der Waals surface area contributed by atoms with Gasteiger partial charge in [-0.1, -0.05) is 0 Å². The number of nitrogen functional groups attached to an aromatic ring is 1. The molecule has 2 heterocycles. The SMILES string of the molecule is Cl.Cl.N=C(N)c1ccc(N2CCOCC2)nc1. The molecule has 0 unspecified atom stereocenters. The smallest absolute Gasteiger partial charge is 0.128 e. The van der Waals surface area contributed by atoms with Gasteiger partial charge in [0.1, 0.15) is 11.7 Å². The second-order valence-corrected chi connectivity index (χ2v) is 3.42. The van der Waals surface area contributed by atoms with E-state index in [4.69, 9.17) is 15.9 Å². The summed E-state index contributed by atoms with van der Waals surface area (Å²) in [5.74, 6) is 0.972. The average Bonchev–Trinajstić information content (AvgIpc) is 2.30. The molecular formula is C10H16Cl2N4O. The van der Waals surface area contributed by atoms with Crippen LogP contribution in [-0.4, -0.2) is 37.1 Å². The molecule has 1 aliphatic rings. The lowest BCUT2D eigenvalue weighted by Gasteiger charge is -2.27. The summed E-state index contributed by atoms with van der Waals surface area (Å²) in [5.41, 5.74) is 6.01. The Hall–Kier alpha value is -1.04. The van der Waals surface area contributed by atoms with Gasteiger partial charge in [-0.2, -0.15) is 0 Å². The molecule has 0 bridgehead atoms. The van der Waals surface area contributed by atoms with Crippen molar-refractivity contribution < 1.29 is 4.74 Å². The number of ether oxygens (including phenoxy) is 1. The third-order valence-corrected chi connectivity index (χ3v) is 2.39. The van der Waals surface area contributed by atoms with E-state index < -0.39 is 0 Å². The maximum atomic E-state index is 7.25. The minimum Gasteiger partial charge on any atom is -0.384 e. The second kappa shape index (κ2) is 7.32. The van der Waals surface area contributed by atoms with Gasteiger partial charge in [-0.25, -0.2) is 4.98 Å². The number of nitrogens with zero attached hydrogens (tertiary/aromatic N) is 2. The van der Waals surface area contributed by atoms with E-state index in [9.17, 15) is 0 Å². The molecule has 1 saturated heterocycles. The van der Waals surface area contributed by atoms with E-state index in [0.717, 1.165) is 32.1 Å². The lowest BCUT2D eigenvalue weighted by molar-refractivity contribution is 0.122. The summed E-state index contributed by atoms with van der Waals surface area (Å²) in [6.45, 7) is 3.23. The van der Waals surface area contributed by atoms with E-state index in [1.54, 1.807) is 6.20 Å². The lowest BCUT2D eigenvalue weighted by atomic mass is 10.2. The van der Waals surface area contributed by atoms with Gasteiger partial charge in [0, 0.05) is 24.8 Å². The molecule has 0 aliphatic carbocycles. The highest BCUT2D eigenvalue weighted by Gasteiger charge is 2.11. The van der Waals surface area contributed by atoms with Crippen LogP contribution in [0, 0.1) is 5.41 Å². The molecule has 17 heavy (non-hydrogen) atoms. The van der Waals surface area contributed by atoms with Crippen molar-refractivity contribution in [3.63, 3.8) is 0 Å². The van der Waals surface area contributed by atoms with E-state index >= 15 is 0 Å². The highest BCUT2D eigenvalue weighted by atomic mass is 35.5. The molecule has 1 aromatic rings. The van der Waals surface area contributed by atoms with Crippen molar-refractivity contribution >= 4 is 36.5 Å². The number of rotatable bonds is 2. The number of amidine groups is 1. The summed E-state index contributed by atoms with van der Waals surface area (Å²) < 4.78 is 5.26. The maximum Gasteiger partial charge on any atom is 0.128 e. The van der Waals surface area contributed by atoms with Gasteiger partial charge < -0.3 is 15.4 Å². The van der Waals surface area contributed by atoms with Crippen molar-refractivity contribution in [3.05, 3.63) is 23.9 Å². The quantitative estimate of drug-likeness (QED) is 0.626. The van der Waals surface area contributed by atoms with E-state index in [1.165, 1.54) is 0 Å². The fourth-order valence-corrected chi connectivity index (χ4v) is 1.52. The van der Waals surface area contributed by atoms with E-state index in [2.05, 4.69) is 9.88 Å². The standard InChI is InChI=1S/C10H14N4O.2ClH/c11-10(12)8-1-2-9(13-7-8)14-3-5-15-6-4-14;;/h1-2,7H,3-6H2,(H3,11,12);2*1H. The highest BCUT2D eigenvalue weighted by molar-refractivity contribution is 5.94. The first-order valence-corrected chi connectivity index (χ1v) is 4.90. The zero-order valence-corrected chi connectivity index (χ0v) is 10.9. The van der Waals surface area contributed by atoms with Crippen molar-refractivity contribution in [3.8, 4) is 0 Å². The molecule has 1 aliphatic heterocycles. The Morgan fingerprint density at radius 2 is 1.94 bits per heavy atom. The summed E-state index contributed by atoms with van der Waals surface area (Å²) in [6, 6.07) is 3.71. The summed E-state index contributed by atoms with van der Waals surface area (Å²) in [4.78, 5) is 6.43. The molecule has 96 valence electrons. The molecule has 3 N–H and O–H groups in total. The van der Waals surface area contributed by atoms with Gasteiger partial charge >= 0.3 is 0 Å². The van der Waals surface area contributed by atoms with Gasteiger partial charge in [0.25, 0.3) is 0 Å². The molecule has 0 saturated carbocycles. The van der Waals surface area contributed by atoms with Crippen molar-refractivity contribution in [1.29, 1.82) is 5.41 Å². The van der Waals surface area contributed by atoms with Crippen molar-refractivity contribution in [2.75, 3.05) is 31.2 Å². The van der Waals surface area contributed by atoms with Crippen LogP contribution in [0.5, 0.6) is 0 Å². The minimum atomic E-state index is 0. The van der Waals surface area contributed by atoms with Crippen molar-refractivity contribution in [1.82, 2.24) is 4.98 Å². The van der Waals surface area contributed by atoms with E-state index in [0.29, 0.717) is 5.56 Å². The molecule has 1 fully saturated rings. The lowest BCUT2D eigenvalue weighted by Crippen LogP contribution is -2.36. The topological polar surface area (TPSA) is 75.2 Å². The van der Waals surface area contributed by atoms with Crippen LogP contribution in [0.3, 0.4) is 0 Å². The van der Waals surface area contributed by atoms with Gasteiger partial charge in [-0.05, 0) is 12.1 Å². The highest BCUT2D eigenvalue weighted by Crippen LogP contribution is 2.12. The number of nitrogens with two attached hydrogens (primary N) is 1. The Balaban J connectivity index is 0.00000128. The van der Waals surface area contributed by atoms with Gasteiger partial charge in [0.05, 0.1) is 13.2 Å². The van der Waals surface area contributed by atoms with Gasteiger partial charge in [0.2, 0.25) is 0 Å². The molecule has 0 aromatic carbocycles. The van der Waals surface area contributed by atoms with Crippen LogP contribution in [-0.2, 0) is 4.74 Å². The first kappa shape index (κ1) is 16.0. The van der Waals surface area contributed by atoms with Gasteiger partial charge in [-0.15, -0.1) is 24.8 Å². The molecule has 5 nitrogen and oxygen atoms in total. The van der Waals surface area contributed by atoms with E-state index in [1.807, 2.05) is 12.1 Å². The molecule has 2 rings (SSSR count). The maximum absolute atomic E-state index is 7.25.